The quantitative estimate of drug-likeness (QED) is 0.555. The zero-order valence-corrected chi connectivity index (χ0v) is 12.4. The molecule has 0 unspecified atom stereocenters. The molecule has 3 rings (SSSR count). The van der Waals surface area contributed by atoms with Crippen LogP contribution in [-0.2, 0) is 0 Å². The molecule has 0 fully saturated rings. The molecule has 0 saturated carbocycles. The van der Waals surface area contributed by atoms with Crippen molar-refractivity contribution in [3.63, 3.8) is 0 Å². The van der Waals surface area contributed by atoms with Gasteiger partial charge < -0.3 is 0 Å². The highest BCUT2D eigenvalue weighted by atomic mass is 32.2. The van der Waals surface area contributed by atoms with E-state index in [1.165, 1.54) is 16.0 Å². The molecule has 0 saturated heterocycles. The third-order valence-corrected chi connectivity index (χ3v) is 4.53. The van der Waals surface area contributed by atoms with Gasteiger partial charge in [0, 0.05) is 4.90 Å². The summed E-state index contributed by atoms with van der Waals surface area (Å²) in [5, 5.41) is 0.333. The topological polar surface area (TPSA) is 0 Å². The monoisotopic (exact) mass is 296 g/mol. The molecule has 3 aromatic rings. The lowest BCUT2D eigenvalue weighted by Gasteiger charge is -2.17. The third kappa shape index (κ3) is 3.96. The van der Waals surface area contributed by atoms with Crippen LogP contribution in [0.4, 0.5) is 4.70 Å². The van der Waals surface area contributed by atoms with Crippen LogP contribution in [0.3, 0.4) is 0 Å². The van der Waals surface area contributed by atoms with E-state index < -0.39 is 0 Å². The molecular weight excluding hydrogens is 279 g/mol. The molecule has 0 radical (unpaired) electrons. The van der Waals surface area contributed by atoms with E-state index in [-0.39, 0.29) is 4.70 Å². The average Bonchev–Trinajstić information content (AvgIpc) is 2.55. The molecule has 0 aliphatic heterocycles. The highest BCUT2D eigenvalue weighted by Crippen LogP contribution is 2.40. The first kappa shape index (κ1) is 15.3. The summed E-state index contributed by atoms with van der Waals surface area (Å²) >= 11 is 1.89. The molecule has 21 heavy (non-hydrogen) atoms. The fraction of sp³-hybridized carbons (Fsp3) is 0.0526. The molecule has 0 N–H and O–H groups in total. The molecule has 0 spiro atoms. The standard InChI is InChI=1S/C19H16S.FH/c1-4-10-16(11-5-1)19(17-12-6-2-7-13-17)20-18-14-8-3-9-15-18;/h1-15,19H;1H. The Labute approximate surface area is 129 Å². The van der Waals surface area contributed by atoms with Crippen LogP contribution in [0.2, 0.25) is 0 Å². The second-order valence-electron chi connectivity index (χ2n) is 4.63. The molecule has 0 amide bonds. The lowest BCUT2D eigenvalue weighted by molar-refractivity contribution is 1.11. The van der Waals surface area contributed by atoms with Gasteiger partial charge in [0.15, 0.2) is 0 Å². The van der Waals surface area contributed by atoms with Gasteiger partial charge in [-0.3, -0.25) is 4.70 Å². The first-order chi connectivity index (χ1) is 9.93. The zero-order valence-electron chi connectivity index (χ0n) is 11.6. The van der Waals surface area contributed by atoms with Crippen LogP contribution >= 0.6 is 11.8 Å². The summed E-state index contributed by atoms with van der Waals surface area (Å²) in [6, 6.07) is 32.0. The van der Waals surface area contributed by atoms with Crippen molar-refractivity contribution in [2.24, 2.45) is 0 Å². The predicted molar refractivity (Wildman–Crippen MR) is 89.5 cm³/mol. The van der Waals surface area contributed by atoms with Gasteiger partial charge in [-0.1, -0.05) is 78.9 Å². The van der Waals surface area contributed by atoms with Gasteiger partial charge in [-0.2, -0.15) is 0 Å². The van der Waals surface area contributed by atoms with Crippen LogP contribution in [0.1, 0.15) is 16.4 Å². The molecule has 3 aromatic carbocycles. The smallest absolute Gasteiger partial charge is 0.0593 e. The van der Waals surface area contributed by atoms with E-state index in [1.807, 2.05) is 11.8 Å². The number of halogens is 1. The molecule has 0 aromatic heterocycles. The van der Waals surface area contributed by atoms with Crippen LogP contribution in [0, 0.1) is 0 Å². The minimum absolute atomic E-state index is 0. The van der Waals surface area contributed by atoms with Crippen LogP contribution in [-0.4, -0.2) is 0 Å². The van der Waals surface area contributed by atoms with Crippen molar-refractivity contribution in [3.8, 4) is 0 Å². The lowest BCUT2D eigenvalue weighted by atomic mass is 10.0. The number of thioether (sulfide) groups is 1. The Hall–Kier alpha value is -2.06. The van der Waals surface area contributed by atoms with E-state index in [2.05, 4.69) is 91.0 Å². The van der Waals surface area contributed by atoms with E-state index in [9.17, 15) is 0 Å². The fourth-order valence-corrected chi connectivity index (χ4v) is 3.39. The fourth-order valence-electron chi connectivity index (χ4n) is 2.22. The molecule has 2 heteroatoms. The first-order valence-corrected chi connectivity index (χ1v) is 7.63. The van der Waals surface area contributed by atoms with E-state index in [1.54, 1.807) is 0 Å². The molecule has 0 atom stereocenters. The van der Waals surface area contributed by atoms with Crippen LogP contribution in [0.15, 0.2) is 95.9 Å². The lowest BCUT2D eigenvalue weighted by Crippen LogP contribution is -1.96. The Balaban J connectivity index is 0.00000161. The van der Waals surface area contributed by atoms with E-state index in [4.69, 9.17) is 0 Å². The van der Waals surface area contributed by atoms with Crippen molar-refractivity contribution in [3.05, 3.63) is 102 Å². The molecule has 0 heterocycles. The minimum atomic E-state index is 0. The molecule has 0 nitrogen and oxygen atoms in total. The molecule has 0 bridgehead atoms. The summed E-state index contributed by atoms with van der Waals surface area (Å²) in [7, 11) is 0. The van der Waals surface area contributed by atoms with Crippen molar-refractivity contribution in [2.75, 3.05) is 0 Å². The summed E-state index contributed by atoms with van der Waals surface area (Å²) in [4.78, 5) is 1.30. The van der Waals surface area contributed by atoms with Gasteiger partial charge in [0.05, 0.1) is 5.25 Å². The van der Waals surface area contributed by atoms with Gasteiger partial charge in [-0.25, -0.2) is 0 Å². The number of benzene rings is 3. The number of rotatable bonds is 4. The van der Waals surface area contributed by atoms with Gasteiger partial charge in [0.25, 0.3) is 0 Å². The highest BCUT2D eigenvalue weighted by Gasteiger charge is 2.14. The average molecular weight is 296 g/mol. The van der Waals surface area contributed by atoms with Gasteiger partial charge in [-0.15, -0.1) is 11.8 Å². The summed E-state index contributed by atoms with van der Waals surface area (Å²) in [5.74, 6) is 0. The predicted octanol–water partition coefficient (Wildman–Crippen LogP) is 5.72. The largest absolute Gasteiger partial charge is 0.269 e. The summed E-state index contributed by atoms with van der Waals surface area (Å²) in [6.45, 7) is 0. The van der Waals surface area contributed by atoms with Crippen molar-refractivity contribution in [2.45, 2.75) is 10.1 Å². The van der Waals surface area contributed by atoms with E-state index in [0.29, 0.717) is 5.25 Å². The van der Waals surface area contributed by atoms with E-state index >= 15 is 0 Å². The van der Waals surface area contributed by atoms with Crippen molar-refractivity contribution in [1.82, 2.24) is 0 Å². The zero-order chi connectivity index (χ0) is 13.6. The highest BCUT2D eigenvalue weighted by molar-refractivity contribution is 7.99. The van der Waals surface area contributed by atoms with E-state index in [0.717, 1.165) is 0 Å². The van der Waals surface area contributed by atoms with Gasteiger partial charge in [0.1, 0.15) is 0 Å². The third-order valence-electron chi connectivity index (χ3n) is 3.20. The maximum atomic E-state index is 2.20. The van der Waals surface area contributed by atoms with Crippen molar-refractivity contribution in [1.29, 1.82) is 0 Å². The second-order valence-corrected chi connectivity index (χ2v) is 5.81. The molecular formula is C19H17FS. The van der Waals surface area contributed by atoms with Gasteiger partial charge in [-0.05, 0) is 23.3 Å². The van der Waals surface area contributed by atoms with Gasteiger partial charge >= 0.3 is 0 Å². The molecule has 0 aliphatic carbocycles. The Morgan fingerprint density at radius 3 is 1.33 bits per heavy atom. The Bertz CT molecular complexity index is 599. The Morgan fingerprint density at radius 1 is 0.524 bits per heavy atom. The maximum absolute atomic E-state index is 2.20. The number of hydrogen-bond acceptors (Lipinski definition) is 1. The number of hydrogen-bond donors (Lipinski definition) is 0. The van der Waals surface area contributed by atoms with Crippen LogP contribution < -0.4 is 0 Å². The summed E-state index contributed by atoms with van der Waals surface area (Å²) in [5.41, 5.74) is 2.68. The summed E-state index contributed by atoms with van der Waals surface area (Å²) < 4.78 is 0. The summed E-state index contributed by atoms with van der Waals surface area (Å²) in [6.07, 6.45) is 0. The Kier molecular flexibility index (Phi) is 5.59. The first-order valence-electron chi connectivity index (χ1n) is 6.75. The van der Waals surface area contributed by atoms with Gasteiger partial charge in [0.2, 0.25) is 0 Å². The molecule has 106 valence electrons. The Morgan fingerprint density at radius 2 is 0.905 bits per heavy atom. The van der Waals surface area contributed by atoms with Crippen LogP contribution in [0.5, 0.6) is 0 Å². The van der Waals surface area contributed by atoms with Crippen LogP contribution in [0.25, 0.3) is 0 Å². The molecule has 0 aliphatic rings. The second kappa shape index (κ2) is 7.65. The SMILES string of the molecule is F.c1ccc(SC(c2ccccc2)c2ccccc2)cc1. The van der Waals surface area contributed by atoms with Crippen molar-refractivity contribution >= 4 is 11.8 Å². The maximum Gasteiger partial charge on any atom is 0.0593 e. The minimum Gasteiger partial charge on any atom is -0.269 e. The van der Waals surface area contributed by atoms with Crippen molar-refractivity contribution < 1.29 is 4.70 Å². The normalized spacial score (nSPS) is 10.1.